The molecule has 0 aliphatic rings. The molecular weight excluding hydrogens is 312 g/mol. The number of nitrogens with one attached hydrogen (secondary N) is 1. The van der Waals surface area contributed by atoms with Crippen LogP contribution in [0.2, 0.25) is 0 Å². The van der Waals surface area contributed by atoms with Crippen LogP contribution in [-0.4, -0.2) is 31.9 Å². The molecule has 17 heavy (non-hydrogen) atoms. The van der Waals surface area contributed by atoms with Gasteiger partial charge in [0.2, 0.25) is 0 Å². The summed E-state index contributed by atoms with van der Waals surface area (Å²) in [6.45, 7) is 0.259. The van der Waals surface area contributed by atoms with Gasteiger partial charge in [0.05, 0.1) is 10.7 Å². The highest BCUT2D eigenvalue weighted by Gasteiger charge is 2.09. The fourth-order valence-corrected chi connectivity index (χ4v) is 2.11. The van der Waals surface area contributed by atoms with Crippen LogP contribution in [0.1, 0.15) is 0 Å². The van der Waals surface area contributed by atoms with Crippen molar-refractivity contribution in [3.63, 3.8) is 0 Å². The lowest BCUT2D eigenvalue weighted by molar-refractivity contribution is -0.384. The smallest absolute Gasteiger partial charge is 0.270 e. The van der Waals surface area contributed by atoms with Gasteiger partial charge in [-0.3, -0.25) is 10.1 Å². The Bertz CT molecular complexity index is 530. The van der Waals surface area contributed by atoms with Gasteiger partial charge in [0, 0.05) is 35.1 Å². The topological polar surface area (TPSA) is 89.3 Å². The van der Waals surface area contributed by atoms with Gasteiger partial charge in [-0.25, -0.2) is 8.42 Å². The summed E-state index contributed by atoms with van der Waals surface area (Å²) in [5.41, 5.74) is 0.602. The van der Waals surface area contributed by atoms with E-state index in [1.807, 2.05) is 0 Å². The molecule has 0 atom stereocenters. The van der Waals surface area contributed by atoms with Gasteiger partial charge >= 0.3 is 0 Å². The van der Waals surface area contributed by atoms with Crippen LogP contribution in [0.25, 0.3) is 0 Å². The number of rotatable bonds is 5. The molecule has 1 aromatic rings. The van der Waals surface area contributed by atoms with Crippen molar-refractivity contribution in [2.24, 2.45) is 0 Å². The SMILES string of the molecule is CS(=O)(=O)CCNc1ccc([N+](=O)[O-])cc1Br. The molecule has 0 spiro atoms. The monoisotopic (exact) mass is 322 g/mol. The summed E-state index contributed by atoms with van der Waals surface area (Å²) in [6.07, 6.45) is 1.15. The van der Waals surface area contributed by atoms with Crippen molar-refractivity contribution in [3.8, 4) is 0 Å². The molecule has 0 aliphatic heterocycles. The third-order valence-corrected chi connectivity index (χ3v) is 3.55. The molecule has 0 fully saturated rings. The Labute approximate surface area is 107 Å². The molecule has 0 aromatic heterocycles. The first-order valence-electron chi connectivity index (χ1n) is 4.65. The Hall–Kier alpha value is -1.15. The second-order valence-corrected chi connectivity index (χ2v) is 6.59. The van der Waals surface area contributed by atoms with Crippen LogP contribution in [0.4, 0.5) is 11.4 Å². The number of hydrogen-bond donors (Lipinski definition) is 1. The van der Waals surface area contributed by atoms with Gasteiger partial charge in [-0.1, -0.05) is 0 Å². The number of anilines is 1. The Morgan fingerprint density at radius 2 is 2.12 bits per heavy atom. The van der Waals surface area contributed by atoms with E-state index >= 15 is 0 Å². The van der Waals surface area contributed by atoms with Crippen LogP contribution in [0.3, 0.4) is 0 Å². The highest BCUT2D eigenvalue weighted by Crippen LogP contribution is 2.26. The average Bonchev–Trinajstić information content (AvgIpc) is 2.18. The first-order valence-corrected chi connectivity index (χ1v) is 7.50. The summed E-state index contributed by atoms with van der Waals surface area (Å²) in [5.74, 6) is 0.0103. The van der Waals surface area contributed by atoms with Crippen molar-refractivity contribution in [2.45, 2.75) is 0 Å². The lowest BCUT2D eigenvalue weighted by Crippen LogP contribution is -2.14. The van der Waals surface area contributed by atoms with Crippen molar-refractivity contribution >= 4 is 37.1 Å². The fourth-order valence-electron chi connectivity index (χ4n) is 1.13. The third-order valence-electron chi connectivity index (χ3n) is 1.95. The summed E-state index contributed by atoms with van der Waals surface area (Å²) < 4.78 is 22.3. The first-order chi connectivity index (χ1) is 7.79. The third kappa shape index (κ3) is 4.70. The van der Waals surface area contributed by atoms with E-state index in [2.05, 4.69) is 21.2 Å². The summed E-state index contributed by atoms with van der Waals surface area (Å²) in [5, 5.41) is 13.4. The maximum absolute atomic E-state index is 10.9. The van der Waals surface area contributed by atoms with E-state index < -0.39 is 14.8 Å². The van der Waals surface area contributed by atoms with Gasteiger partial charge in [-0.15, -0.1) is 0 Å². The summed E-state index contributed by atoms with van der Waals surface area (Å²) in [6, 6.07) is 4.25. The molecule has 0 aliphatic carbocycles. The van der Waals surface area contributed by atoms with E-state index in [-0.39, 0.29) is 18.0 Å². The average molecular weight is 323 g/mol. The maximum Gasteiger partial charge on any atom is 0.270 e. The highest BCUT2D eigenvalue weighted by atomic mass is 79.9. The molecular formula is C9H11BrN2O4S. The molecule has 1 rings (SSSR count). The predicted octanol–water partition coefficient (Wildman–Crippen LogP) is 1.81. The van der Waals surface area contributed by atoms with E-state index in [4.69, 9.17) is 0 Å². The maximum atomic E-state index is 10.9. The van der Waals surface area contributed by atoms with Crippen molar-refractivity contribution in [1.82, 2.24) is 0 Å². The Morgan fingerprint density at radius 3 is 2.59 bits per heavy atom. The molecule has 0 heterocycles. The zero-order valence-electron chi connectivity index (χ0n) is 9.01. The van der Waals surface area contributed by atoms with Crippen molar-refractivity contribution < 1.29 is 13.3 Å². The molecule has 0 saturated heterocycles. The second kappa shape index (κ2) is 5.46. The molecule has 0 bridgehead atoms. The minimum absolute atomic E-state index is 0.0103. The first kappa shape index (κ1) is 13.9. The molecule has 1 aromatic carbocycles. The minimum atomic E-state index is -3.01. The fraction of sp³-hybridized carbons (Fsp3) is 0.333. The lowest BCUT2D eigenvalue weighted by atomic mass is 10.3. The van der Waals surface area contributed by atoms with Crippen molar-refractivity contribution in [3.05, 3.63) is 32.8 Å². The van der Waals surface area contributed by atoms with Gasteiger partial charge in [0.25, 0.3) is 5.69 Å². The van der Waals surface area contributed by atoms with Gasteiger partial charge in [-0.2, -0.15) is 0 Å². The molecule has 1 N–H and O–H groups in total. The molecule has 0 saturated carbocycles. The van der Waals surface area contributed by atoms with Crippen LogP contribution < -0.4 is 5.32 Å². The lowest BCUT2D eigenvalue weighted by Gasteiger charge is -2.07. The molecule has 0 unspecified atom stereocenters. The number of halogens is 1. The van der Waals surface area contributed by atoms with Crippen LogP contribution in [0.15, 0.2) is 22.7 Å². The second-order valence-electron chi connectivity index (χ2n) is 3.48. The standard InChI is InChI=1S/C9H11BrN2O4S/c1-17(15,16)5-4-11-9-3-2-7(12(13)14)6-8(9)10/h2-3,6,11H,4-5H2,1H3. The van der Waals surface area contributed by atoms with Crippen LogP contribution in [0, 0.1) is 10.1 Å². The van der Waals surface area contributed by atoms with Crippen molar-refractivity contribution in [1.29, 1.82) is 0 Å². The normalized spacial score (nSPS) is 11.2. The largest absolute Gasteiger partial charge is 0.383 e. The quantitative estimate of drug-likeness (QED) is 0.659. The van der Waals surface area contributed by atoms with Crippen LogP contribution in [-0.2, 0) is 9.84 Å². The van der Waals surface area contributed by atoms with Gasteiger partial charge in [-0.05, 0) is 22.0 Å². The zero-order chi connectivity index (χ0) is 13.1. The number of sulfone groups is 1. The summed E-state index contributed by atoms with van der Waals surface area (Å²) in [4.78, 5) is 10.00. The predicted molar refractivity (Wildman–Crippen MR) is 69.0 cm³/mol. The van der Waals surface area contributed by atoms with Crippen LogP contribution in [0.5, 0.6) is 0 Å². The van der Waals surface area contributed by atoms with E-state index in [9.17, 15) is 18.5 Å². The zero-order valence-corrected chi connectivity index (χ0v) is 11.4. The van der Waals surface area contributed by atoms with E-state index in [1.165, 1.54) is 18.2 Å². The number of nitrogens with zero attached hydrogens (tertiary/aromatic N) is 1. The highest BCUT2D eigenvalue weighted by molar-refractivity contribution is 9.10. The number of benzene rings is 1. The summed E-state index contributed by atoms with van der Waals surface area (Å²) in [7, 11) is -3.01. The Balaban J connectivity index is 2.70. The van der Waals surface area contributed by atoms with E-state index in [0.717, 1.165) is 6.26 Å². The number of non-ortho nitro benzene ring substituents is 1. The number of nitro groups is 1. The molecule has 94 valence electrons. The minimum Gasteiger partial charge on any atom is -0.383 e. The van der Waals surface area contributed by atoms with Gasteiger partial charge < -0.3 is 5.32 Å². The molecule has 8 heteroatoms. The van der Waals surface area contributed by atoms with E-state index in [1.54, 1.807) is 0 Å². The summed E-state index contributed by atoms with van der Waals surface area (Å²) >= 11 is 3.18. The van der Waals surface area contributed by atoms with Crippen molar-refractivity contribution in [2.75, 3.05) is 23.9 Å². The number of nitro benzene ring substituents is 1. The van der Waals surface area contributed by atoms with Gasteiger partial charge in [0.1, 0.15) is 9.84 Å². The molecule has 6 nitrogen and oxygen atoms in total. The molecule has 0 radical (unpaired) electrons. The Morgan fingerprint density at radius 1 is 1.47 bits per heavy atom. The van der Waals surface area contributed by atoms with E-state index in [0.29, 0.717) is 10.2 Å². The van der Waals surface area contributed by atoms with Crippen LogP contribution >= 0.6 is 15.9 Å². The number of hydrogen-bond acceptors (Lipinski definition) is 5. The molecule has 0 amide bonds. The Kier molecular flexibility index (Phi) is 4.47. The van der Waals surface area contributed by atoms with Gasteiger partial charge in [0.15, 0.2) is 0 Å².